The summed E-state index contributed by atoms with van der Waals surface area (Å²) in [6.45, 7) is 4.38. The summed E-state index contributed by atoms with van der Waals surface area (Å²) in [7, 11) is 0. The van der Waals surface area contributed by atoms with Crippen molar-refractivity contribution in [3.05, 3.63) is 47.3 Å². The molecule has 1 saturated carbocycles. The number of Topliss-reactive ketones (excluding diaryl/α,β-unsaturated/α-hetero) is 1. The number of fused-ring (bicyclic) bond motifs is 1. The molecule has 2 aromatic rings. The van der Waals surface area contributed by atoms with E-state index in [0.717, 1.165) is 36.1 Å². The zero-order chi connectivity index (χ0) is 27.7. The van der Waals surface area contributed by atoms with Crippen molar-refractivity contribution in [2.24, 2.45) is 17.6 Å². The second kappa shape index (κ2) is 11.6. The summed E-state index contributed by atoms with van der Waals surface area (Å²) in [6.07, 6.45) is 5.06. The standard InChI is InChI=1S/C30H38N4O4S/c1-18(2)16-21(32-28(36)25-13-12-24(39-25)19-8-4-3-5-9-19)29(37)33-15-14-22-27(33)23(35)17-34(22)30(38)26(31)20-10-6-7-11-20/h3-5,8-9,12-13,18,20-22,26-27H,6-7,10-11,14-17,31H2,1-2H3,(H,32,36). The molecule has 3 N–H and O–H groups in total. The topological polar surface area (TPSA) is 113 Å². The summed E-state index contributed by atoms with van der Waals surface area (Å²) < 4.78 is 0. The molecular formula is C30H38N4O4S. The molecule has 1 aromatic heterocycles. The minimum Gasteiger partial charge on any atom is -0.340 e. The zero-order valence-corrected chi connectivity index (χ0v) is 23.5. The number of nitrogens with one attached hydrogen (secondary N) is 1. The van der Waals surface area contributed by atoms with E-state index in [9.17, 15) is 19.2 Å². The summed E-state index contributed by atoms with van der Waals surface area (Å²) in [4.78, 5) is 58.2. The second-order valence-electron chi connectivity index (χ2n) is 11.5. The highest BCUT2D eigenvalue weighted by atomic mass is 32.1. The molecule has 4 unspecified atom stereocenters. The minimum atomic E-state index is -0.753. The summed E-state index contributed by atoms with van der Waals surface area (Å²) in [5, 5.41) is 2.96. The second-order valence-corrected chi connectivity index (χ2v) is 12.6. The average Bonchev–Trinajstić information content (AvgIpc) is 3.73. The number of carbonyl (C=O) groups is 4. The highest BCUT2D eigenvalue weighted by molar-refractivity contribution is 7.17. The van der Waals surface area contributed by atoms with Crippen LogP contribution in [-0.4, -0.2) is 70.6 Å². The van der Waals surface area contributed by atoms with Crippen molar-refractivity contribution in [1.29, 1.82) is 0 Å². The van der Waals surface area contributed by atoms with Crippen molar-refractivity contribution in [2.45, 2.75) is 76.5 Å². The quantitative estimate of drug-likeness (QED) is 0.523. The van der Waals surface area contributed by atoms with Gasteiger partial charge in [-0.25, -0.2) is 0 Å². The molecule has 5 rings (SSSR count). The molecule has 0 bridgehead atoms. The fourth-order valence-electron chi connectivity index (χ4n) is 6.41. The number of amides is 3. The highest BCUT2D eigenvalue weighted by Gasteiger charge is 2.53. The number of rotatable bonds is 8. The molecule has 39 heavy (non-hydrogen) atoms. The molecule has 2 saturated heterocycles. The first-order valence-corrected chi connectivity index (χ1v) is 14.9. The van der Waals surface area contributed by atoms with E-state index in [2.05, 4.69) is 5.32 Å². The van der Waals surface area contributed by atoms with Crippen molar-refractivity contribution in [2.75, 3.05) is 13.1 Å². The molecule has 3 aliphatic rings. The van der Waals surface area contributed by atoms with Gasteiger partial charge >= 0.3 is 0 Å². The van der Waals surface area contributed by atoms with Crippen LogP contribution in [0.4, 0.5) is 0 Å². The predicted octanol–water partition coefficient (Wildman–Crippen LogP) is 3.46. The number of likely N-dealkylation sites (tertiary alicyclic amines) is 2. The Bertz CT molecular complexity index is 1220. The van der Waals surface area contributed by atoms with Gasteiger partial charge in [0.25, 0.3) is 5.91 Å². The SMILES string of the molecule is CC(C)CC(NC(=O)c1ccc(-c2ccccc2)s1)C(=O)N1CCC2C1C(=O)CN2C(=O)C(N)C1CCCC1. The van der Waals surface area contributed by atoms with Crippen LogP contribution in [0, 0.1) is 11.8 Å². The Morgan fingerprint density at radius 2 is 1.72 bits per heavy atom. The molecule has 3 fully saturated rings. The van der Waals surface area contributed by atoms with Crippen LogP contribution in [0.5, 0.6) is 0 Å². The minimum absolute atomic E-state index is 0.00295. The molecule has 2 aliphatic heterocycles. The molecule has 8 nitrogen and oxygen atoms in total. The average molecular weight is 551 g/mol. The third kappa shape index (κ3) is 5.65. The molecule has 3 heterocycles. The Morgan fingerprint density at radius 3 is 2.41 bits per heavy atom. The lowest BCUT2D eigenvalue weighted by Crippen LogP contribution is -2.53. The number of nitrogens with zero attached hydrogens (tertiary/aromatic N) is 2. The number of carbonyl (C=O) groups excluding carboxylic acids is 4. The molecule has 1 aliphatic carbocycles. The lowest BCUT2D eigenvalue weighted by molar-refractivity contribution is -0.138. The van der Waals surface area contributed by atoms with Gasteiger partial charge < -0.3 is 20.9 Å². The van der Waals surface area contributed by atoms with Crippen LogP contribution in [0.3, 0.4) is 0 Å². The van der Waals surface area contributed by atoms with E-state index >= 15 is 0 Å². The summed E-state index contributed by atoms with van der Waals surface area (Å²) in [5.74, 6) is -0.533. The predicted molar refractivity (Wildman–Crippen MR) is 151 cm³/mol. The van der Waals surface area contributed by atoms with Crippen LogP contribution >= 0.6 is 11.3 Å². The van der Waals surface area contributed by atoms with Gasteiger partial charge in [-0.1, -0.05) is 57.0 Å². The highest BCUT2D eigenvalue weighted by Crippen LogP contribution is 2.34. The third-order valence-electron chi connectivity index (χ3n) is 8.38. The van der Waals surface area contributed by atoms with Gasteiger partial charge in [0.15, 0.2) is 5.78 Å². The summed E-state index contributed by atoms with van der Waals surface area (Å²) in [5.41, 5.74) is 7.38. The van der Waals surface area contributed by atoms with Gasteiger partial charge in [0, 0.05) is 11.4 Å². The van der Waals surface area contributed by atoms with E-state index in [0.29, 0.717) is 24.3 Å². The van der Waals surface area contributed by atoms with Gasteiger partial charge in [-0.05, 0) is 55.2 Å². The smallest absolute Gasteiger partial charge is 0.262 e. The van der Waals surface area contributed by atoms with Crippen LogP contribution in [0.15, 0.2) is 42.5 Å². The number of thiophene rings is 1. The number of ketones is 1. The van der Waals surface area contributed by atoms with Crippen LogP contribution in [0.1, 0.15) is 62.0 Å². The molecular weight excluding hydrogens is 512 g/mol. The first-order chi connectivity index (χ1) is 18.7. The van der Waals surface area contributed by atoms with E-state index in [1.54, 1.807) is 15.9 Å². The maximum Gasteiger partial charge on any atom is 0.262 e. The van der Waals surface area contributed by atoms with Gasteiger partial charge in [-0.3, -0.25) is 19.2 Å². The Kier molecular flexibility index (Phi) is 8.19. The Labute approximate surface area is 233 Å². The van der Waals surface area contributed by atoms with Crippen LogP contribution in [0.25, 0.3) is 10.4 Å². The van der Waals surface area contributed by atoms with Gasteiger partial charge in [0.2, 0.25) is 11.8 Å². The first kappa shape index (κ1) is 27.5. The van der Waals surface area contributed by atoms with Crippen LogP contribution in [-0.2, 0) is 14.4 Å². The van der Waals surface area contributed by atoms with E-state index < -0.39 is 18.1 Å². The van der Waals surface area contributed by atoms with Gasteiger partial charge in [-0.2, -0.15) is 0 Å². The van der Waals surface area contributed by atoms with Crippen molar-refractivity contribution in [1.82, 2.24) is 15.1 Å². The monoisotopic (exact) mass is 550 g/mol. The Balaban J connectivity index is 1.28. The summed E-state index contributed by atoms with van der Waals surface area (Å²) in [6, 6.07) is 11.2. The van der Waals surface area contributed by atoms with E-state index in [4.69, 9.17) is 5.73 Å². The van der Waals surface area contributed by atoms with Crippen molar-refractivity contribution in [3.8, 4) is 10.4 Å². The molecule has 0 spiro atoms. The molecule has 9 heteroatoms. The number of nitrogens with two attached hydrogens (primary N) is 1. The largest absolute Gasteiger partial charge is 0.340 e. The molecule has 4 atom stereocenters. The van der Waals surface area contributed by atoms with Crippen LogP contribution < -0.4 is 11.1 Å². The summed E-state index contributed by atoms with van der Waals surface area (Å²) >= 11 is 1.38. The van der Waals surface area contributed by atoms with Gasteiger partial charge in [0.05, 0.1) is 23.5 Å². The van der Waals surface area contributed by atoms with E-state index in [1.807, 2.05) is 50.2 Å². The molecule has 0 radical (unpaired) electrons. The van der Waals surface area contributed by atoms with E-state index in [-0.39, 0.29) is 47.9 Å². The van der Waals surface area contributed by atoms with Gasteiger partial charge in [0.1, 0.15) is 12.1 Å². The maximum absolute atomic E-state index is 13.8. The lowest BCUT2D eigenvalue weighted by atomic mass is 9.97. The van der Waals surface area contributed by atoms with Crippen LogP contribution in [0.2, 0.25) is 0 Å². The lowest BCUT2D eigenvalue weighted by Gasteiger charge is -2.30. The van der Waals surface area contributed by atoms with Gasteiger partial charge in [-0.15, -0.1) is 11.3 Å². The number of benzene rings is 1. The van der Waals surface area contributed by atoms with Crippen molar-refractivity contribution in [3.63, 3.8) is 0 Å². The normalized spacial score (nSPS) is 22.8. The van der Waals surface area contributed by atoms with E-state index in [1.165, 1.54) is 11.3 Å². The van der Waals surface area contributed by atoms with Crippen molar-refractivity contribution < 1.29 is 19.2 Å². The molecule has 1 aromatic carbocycles. The number of hydrogen-bond donors (Lipinski definition) is 2. The Hall–Kier alpha value is -3.04. The fraction of sp³-hybridized carbons (Fsp3) is 0.533. The maximum atomic E-state index is 13.8. The number of hydrogen-bond acceptors (Lipinski definition) is 6. The fourth-order valence-corrected chi connectivity index (χ4v) is 7.32. The third-order valence-corrected chi connectivity index (χ3v) is 9.51. The molecule has 3 amide bonds. The Morgan fingerprint density at radius 1 is 1.00 bits per heavy atom. The zero-order valence-electron chi connectivity index (χ0n) is 22.7. The molecule has 208 valence electrons. The van der Waals surface area contributed by atoms with Crippen molar-refractivity contribution >= 4 is 34.8 Å². The first-order valence-electron chi connectivity index (χ1n) is 14.1.